The Bertz CT molecular complexity index is 148. The van der Waals surface area contributed by atoms with Gasteiger partial charge in [0, 0.05) is 13.5 Å². The Morgan fingerprint density at radius 3 is 2.91 bits per heavy atom. The van der Waals surface area contributed by atoms with Crippen molar-refractivity contribution in [3.05, 3.63) is 0 Å². The minimum absolute atomic E-state index is 0.0555. The molecule has 2 fully saturated rings. The molecule has 1 aliphatic heterocycles. The van der Waals surface area contributed by atoms with Crippen molar-refractivity contribution < 1.29 is 14.6 Å². The number of ether oxygens (including phenoxy) is 2. The van der Waals surface area contributed by atoms with Gasteiger partial charge in [-0.25, -0.2) is 0 Å². The summed E-state index contributed by atoms with van der Waals surface area (Å²) in [5.41, 5.74) is 0. The molecule has 0 radical (unpaired) electrons. The standard InChI is InChI=1S/C8H14O3/c1-10-7-4-5-2-3-6(9)8(5)11-7/h5-9H,2-4H2,1H3/t5?,6-,7?,8+/m1/s1. The van der Waals surface area contributed by atoms with Crippen LogP contribution in [0.1, 0.15) is 19.3 Å². The van der Waals surface area contributed by atoms with E-state index in [0.717, 1.165) is 19.3 Å². The average molecular weight is 158 g/mol. The van der Waals surface area contributed by atoms with Crippen LogP contribution in [0.2, 0.25) is 0 Å². The fraction of sp³-hybridized carbons (Fsp3) is 1.00. The minimum Gasteiger partial charge on any atom is -0.390 e. The van der Waals surface area contributed by atoms with Crippen molar-refractivity contribution in [1.29, 1.82) is 0 Å². The highest BCUT2D eigenvalue weighted by Gasteiger charge is 2.43. The predicted octanol–water partition coefficient (Wildman–Crippen LogP) is 0.519. The molecule has 4 atom stereocenters. The van der Waals surface area contributed by atoms with Crippen LogP contribution in [0.5, 0.6) is 0 Å². The Balaban J connectivity index is 1.98. The number of aliphatic hydroxyl groups is 1. The molecule has 3 nitrogen and oxygen atoms in total. The molecule has 1 heterocycles. The molecule has 11 heavy (non-hydrogen) atoms. The number of hydrogen-bond acceptors (Lipinski definition) is 3. The van der Waals surface area contributed by atoms with E-state index in [0.29, 0.717) is 5.92 Å². The minimum atomic E-state index is -0.250. The summed E-state index contributed by atoms with van der Waals surface area (Å²) in [5, 5.41) is 9.43. The number of fused-ring (bicyclic) bond motifs is 1. The van der Waals surface area contributed by atoms with Gasteiger partial charge in [0.05, 0.1) is 12.2 Å². The van der Waals surface area contributed by atoms with Crippen LogP contribution in [0.3, 0.4) is 0 Å². The molecule has 1 N–H and O–H groups in total. The largest absolute Gasteiger partial charge is 0.390 e. The summed E-state index contributed by atoms with van der Waals surface area (Å²) in [5.74, 6) is 0.537. The summed E-state index contributed by atoms with van der Waals surface area (Å²) < 4.78 is 10.5. The maximum atomic E-state index is 9.43. The zero-order valence-corrected chi connectivity index (χ0v) is 6.69. The lowest BCUT2D eigenvalue weighted by atomic mass is 10.0. The number of aliphatic hydroxyl groups excluding tert-OH is 1. The first-order valence-corrected chi connectivity index (χ1v) is 4.17. The topological polar surface area (TPSA) is 38.7 Å². The van der Waals surface area contributed by atoms with E-state index in [1.807, 2.05) is 0 Å². The fourth-order valence-corrected chi connectivity index (χ4v) is 2.11. The summed E-state index contributed by atoms with van der Waals surface area (Å²) >= 11 is 0. The molecule has 0 aromatic heterocycles. The monoisotopic (exact) mass is 158 g/mol. The van der Waals surface area contributed by atoms with Crippen LogP contribution in [-0.2, 0) is 9.47 Å². The molecule has 64 valence electrons. The second kappa shape index (κ2) is 2.73. The van der Waals surface area contributed by atoms with Gasteiger partial charge in [0.25, 0.3) is 0 Å². The third kappa shape index (κ3) is 1.17. The van der Waals surface area contributed by atoms with E-state index in [4.69, 9.17) is 9.47 Å². The van der Waals surface area contributed by atoms with E-state index in [-0.39, 0.29) is 18.5 Å². The number of hydrogen-bond donors (Lipinski definition) is 1. The van der Waals surface area contributed by atoms with Crippen molar-refractivity contribution in [1.82, 2.24) is 0 Å². The molecule has 1 saturated heterocycles. The molecule has 0 bridgehead atoms. The third-order valence-electron chi connectivity index (χ3n) is 2.74. The maximum Gasteiger partial charge on any atom is 0.158 e. The van der Waals surface area contributed by atoms with Crippen molar-refractivity contribution >= 4 is 0 Å². The molecule has 2 aliphatic rings. The summed E-state index contributed by atoms with van der Waals surface area (Å²) in [6.45, 7) is 0. The van der Waals surface area contributed by atoms with Crippen LogP contribution in [-0.4, -0.2) is 30.7 Å². The van der Waals surface area contributed by atoms with Crippen LogP contribution in [0.4, 0.5) is 0 Å². The Morgan fingerprint density at radius 1 is 1.45 bits per heavy atom. The van der Waals surface area contributed by atoms with Gasteiger partial charge in [-0.1, -0.05) is 0 Å². The number of rotatable bonds is 1. The van der Waals surface area contributed by atoms with Gasteiger partial charge in [-0.15, -0.1) is 0 Å². The highest BCUT2D eigenvalue weighted by atomic mass is 16.7. The Kier molecular flexibility index (Phi) is 1.87. The van der Waals surface area contributed by atoms with Gasteiger partial charge >= 0.3 is 0 Å². The Morgan fingerprint density at radius 2 is 2.27 bits per heavy atom. The number of methoxy groups -OCH3 is 1. The van der Waals surface area contributed by atoms with Crippen LogP contribution in [0.15, 0.2) is 0 Å². The van der Waals surface area contributed by atoms with Gasteiger partial charge in [0.1, 0.15) is 0 Å². The van der Waals surface area contributed by atoms with Gasteiger partial charge in [-0.05, 0) is 18.8 Å². The molecule has 1 aliphatic carbocycles. The van der Waals surface area contributed by atoms with Gasteiger partial charge in [0.2, 0.25) is 0 Å². The summed E-state index contributed by atoms with van der Waals surface area (Å²) in [7, 11) is 1.65. The van der Waals surface area contributed by atoms with Crippen molar-refractivity contribution in [3.8, 4) is 0 Å². The van der Waals surface area contributed by atoms with Gasteiger partial charge in [-0.2, -0.15) is 0 Å². The van der Waals surface area contributed by atoms with E-state index in [2.05, 4.69) is 0 Å². The van der Waals surface area contributed by atoms with Crippen LogP contribution in [0, 0.1) is 5.92 Å². The van der Waals surface area contributed by atoms with E-state index >= 15 is 0 Å². The molecule has 2 unspecified atom stereocenters. The highest BCUT2D eigenvalue weighted by Crippen LogP contribution is 2.39. The van der Waals surface area contributed by atoms with Gasteiger partial charge < -0.3 is 14.6 Å². The van der Waals surface area contributed by atoms with E-state index < -0.39 is 0 Å². The molecule has 0 spiro atoms. The van der Waals surface area contributed by atoms with E-state index in [1.165, 1.54) is 0 Å². The van der Waals surface area contributed by atoms with Crippen LogP contribution in [0.25, 0.3) is 0 Å². The quantitative estimate of drug-likeness (QED) is 0.604. The summed E-state index contributed by atoms with van der Waals surface area (Å²) in [6, 6.07) is 0. The van der Waals surface area contributed by atoms with Crippen LogP contribution >= 0.6 is 0 Å². The maximum absolute atomic E-state index is 9.43. The van der Waals surface area contributed by atoms with Crippen molar-refractivity contribution in [2.45, 2.75) is 37.8 Å². The van der Waals surface area contributed by atoms with E-state index in [9.17, 15) is 5.11 Å². The second-order valence-electron chi connectivity index (χ2n) is 3.41. The second-order valence-corrected chi connectivity index (χ2v) is 3.41. The van der Waals surface area contributed by atoms with Crippen molar-refractivity contribution in [2.24, 2.45) is 5.92 Å². The summed E-state index contributed by atoms with van der Waals surface area (Å²) in [4.78, 5) is 0. The molecular weight excluding hydrogens is 144 g/mol. The van der Waals surface area contributed by atoms with Gasteiger partial charge in [-0.3, -0.25) is 0 Å². The average Bonchev–Trinajstić information content (AvgIpc) is 2.53. The zero-order chi connectivity index (χ0) is 7.84. The lowest BCUT2D eigenvalue weighted by Gasteiger charge is -2.13. The molecule has 0 amide bonds. The normalized spacial score (nSPS) is 49.6. The molecule has 0 aromatic carbocycles. The first-order chi connectivity index (χ1) is 5.31. The molecule has 1 saturated carbocycles. The molecular formula is C8H14O3. The third-order valence-corrected chi connectivity index (χ3v) is 2.74. The zero-order valence-electron chi connectivity index (χ0n) is 6.69. The van der Waals surface area contributed by atoms with E-state index in [1.54, 1.807) is 7.11 Å². The SMILES string of the molecule is COC1CC2CC[C@@H](O)[C@H]2O1. The molecule has 2 rings (SSSR count). The lowest BCUT2D eigenvalue weighted by molar-refractivity contribution is -0.136. The highest BCUT2D eigenvalue weighted by molar-refractivity contribution is 4.90. The smallest absolute Gasteiger partial charge is 0.158 e. The Labute approximate surface area is 66.3 Å². The molecule has 0 aromatic rings. The lowest BCUT2D eigenvalue weighted by Crippen LogP contribution is -2.24. The van der Waals surface area contributed by atoms with Crippen molar-refractivity contribution in [2.75, 3.05) is 7.11 Å². The first-order valence-electron chi connectivity index (χ1n) is 4.17. The first kappa shape index (κ1) is 7.53. The summed E-state index contributed by atoms with van der Waals surface area (Å²) in [6.07, 6.45) is 2.68. The Hall–Kier alpha value is -0.120. The fourth-order valence-electron chi connectivity index (χ4n) is 2.11. The molecule has 3 heteroatoms. The van der Waals surface area contributed by atoms with Crippen molar-refractivity contribution in [3.63, 3.8) is 0 Å². The van der Waals surface area contributed by atoms with Gasteiger partial charge in [0.15, 0.2) is 6.29 Å². The predicted molar refractivity (Wildman–Crippen MR) is 39.0 cm³/mol. The van der Waals surface area contributed by atoms with Crippen LogP contribution < -0.4 is 0 Å².